The van der Waals surface area contributed by atoms with Crippen molar-refractivity contribution in [1.29, 1.82) is 0 Å². The van der Waals surface area contributed by atoms with Gasteiger partial charge in [0.1, 0.15) is 5.78 Å². The topological polar surface area (TPSA) is 60.9 Å². The van der Waals surface area contributed by atoms with Gasteiger partial charge in [0.25, 0.3) is 0 Å². The third kappa shape index (κ3) is 3.29. The molecular formula is C16H26N2O3. The van der Waals surface area contributed by atoms with Gasteiger partial charge < -0.3 is 10.0 Å². The molecule has 3 fully saturated rings. The molecule has 0 bridgehead atoms. The second-order valence-electron chi connectivity index (χ2n) is 6.95. The van der Waals surface area contributed by atoms with E-state index in [-0.39, 0.29) is 11.7 Å². The lowest BCUT2D eigenvalue weighted by Gasteiger charge is -2.47. The van der Waals surface area contributed by atoms with Crippen molar-refractivity contribution in [3.05, 3.63) is 0 Å². The second-order valence-corrected chi connectivity index (χ2v) is 6.95. The zero-order valence-electron chi connectivity index (χ0n) is 12.7. The summed E-state index contributed by atoms with van der Waals surface area (Å²) in [6.45, 7) is 3.26. The summed E-state index contributed by atoms with van der Waals surface area (Å²) in [6, 6.07) is 0. The van der Waals surface area contributed by atoms with E-state index >= 15 is 0 Å². The maximum Gasteiger partial charge on any atom is 0.236 e. The van der Waals surface area contributed by atoms with Crippen LogP contribution in [0.3, 0.4) is 0 Å². The Kier molecular flexibility index (Phi) is 4.31. The molecule has 0 aromatic carbocycles. The average Bonchev–Trinajstić information content (AvgIpc) is 2.48. The Morgan fingerprint density at radius 1 is 1.19 bits per heavy atom. The van der Waals surface area contributed by atoms with Gasteiger partial charge in [-0.3, -0.25) is 14.5 Å². The van der Waals surface area contributed by atoms with E-state index in [1.54, 1.807) is 0 Å². The standard InChI is InChI=1S/C16H26N2O3/c19-14-4-8-18(9-5-14)15(20)12-17-10-7-16(21)6-2-1-3-13(16)11-17/h13,21H,1-12H2. The van der Waals surface area contributed by atoms with Crippen molar-refractivity contribution in [2.45, 2.75) is 50.5 Å². The largest absolute Gasteiger partial charge is 0.390 e. The van der Waals surface area contributed by atoms with E-state index in [4.69, 9.17) is 0 Å². The van der Waals surface area contributed by atoms with Gasteiger partial charge in [-0.2, -0.15) is 0 Å². The number of amides is 1. The van der Waals surface area contributed by atoms with Gasteiger partial charge in [0.05, 0.1) is 12.1 Å². The lowest BCUT2D eigenvalue weighted by molar-refractivity contribution is -0.139. The molecule has 2 saturated heterocycles. The van der Waals surface area contributed by atoms with Crippen molar-refractivity contribution in [3.63, 3.8) is 0 Å². The van der Waals surface area contributed by atoms with E-state index in [1.165, 1.54) is 6.42 Å². The van der Waals surface area contributed by atoms with Gasteiger partial charge in [-0.15, -0.1) is 0 Å². The first kappa shape index (κ1) is 15.0. The summed E-state index contributed by atoms with van der Waals surface area (Å²) >= 11 is 0. The van der Waals surface area contributed by atoms with Crippen LogP contribution in [0.2, 0.25) is 0 Å². The van der Waals surface area contributed by atoms with Crippen LogP contribution in [-0.4, -0.2) is 64.9 Å². The molecule has 0 radical (unpaired) electrons. The molecule has 2 atom stereocenters. The molecule has 21 heavy (non-hydrogen) atoms. The van der Waals surface area contributed by atoms with Crippen molar-refractivity contribution in [2.24, 2.45) is 5.92 Å². The number of fused-ring (bicyclic) bond motifs is 1. The van der Waals surface area contributed by atoms with Gasteiger partial charge >= 0.3 is 0 Å². The number of aliphatic hydroxyl groups is 1. The number of ketones is 1. The minimum Gasteiger partial charge on any atom is -0.390 e. The Morgan fingerprint density at radius 2 is 1.95 bits per heavy atom. The molecule has 5 nitrogen and oxygen atoms in total. The minimum atomic E-state index is -0.477. The van der Waals surface area contributed by atoms with Gasteiger partial charge in [-0.25, -0.2) is 0 Å². The predicted molar refractivity (Wildman–Crippen MR) is 78.8 cm³/mol. The van der Waals surface area contributed by atoms with E-state index in [1.807, 2.05) is 4.90 Å². The lowest BCUT2D eigenvalue weighted by Crippen LogP contribution is -2.55. The molecular weight excluding hydrogens is 268 g/mol. The number of hydrogen-bond donors (Lipinski definition) is 1. The Bertz CT molecular complexity index is 416. The van der Waals surface area contributed by atoms with Crippen molar-refractivity contribution in [2.75, 3.05) is 32.7 Å². The highest BCUT2D eigenvalue weighted by Gasteiger charge is 2.43. The predicted octanol–water partition coefficient (Wildman–Crippen LogP) is 0.805. The number of hydrogen-bond acceptors (Lipinski definition) is 4. The van der Waals surface area contributed by atoms with Gasteiger partial charge in [0, 0.05) is 44.9 Å². The van der Waals surface area contributed by atoms with Gasteiger partial charge in [0.2, 0.25) is 5.91 Å². The molecule has 1 saturated carbocycles. The number of nitrogens with zero attached hydrogens (tertiary/aromatic N) is 2. The fraction of sp³-hybridized carbons (Fsp3) is 0.875. The molecule has 118 valence electrons. The molecule has 2 heterocycles. The normalized spacial score (nSPS) is 34.6. The average molecular weight is 294 g/mol. The Balaban J connectivity index is 1.52. The van der Waals surface area contributed by atoms with Crippen molar-refractivity contribution < 1.29 is 14.7 Å². The van der Waals surface area contributed by atoms with E-state index in [0.717, 1.165) is 38.8 Å². The molecule has 1 amide bonds. The van der Waals surface area contributed by atoms with Crippen LogP contribution in [0.5, 0.6) is 0 Å². The van der Waals surface area contributed by atoms with Crippen LogP contribution in [0.25, 0.3) is 0 Å². The summed E-state index contributed by atoms with van der Waals surface area (Å²) in [5.74, 6) is 0.740. The summed E-state index contributed by atoms with van der Waals surface area (Å²) in [7, 11) is 0. The van der Waals surface area contributed by atoms with Crippen molar-refractivity contribution >= 4 is 11.7 Å². The maximum absolute atomic E-state index is 12.3. The van der Waals surface area contributed by atoms with Crippen LogP contribution in [0.1, 0.15) is 44.9 Å². The first-order chi connectivity index (χ1) is 10.1. The molecule has 2 unspecified atom stereocenters. The van der Waals surface area contributed by atoms with Gasteiger partial charge in [-0.05, 0) is 19.3 Å². The minimum absolute atomic E-state index is 0.142. The highest BCUT2D eigenvalue weighted by atomic mass is 16.3. The second kappa shape index (κ2) is 6.05. The molecule has 1 N–H and O–H groups in total. The van der Waals surface area contributed by atoms with Gasteiger partial charge in [-0.1, -0.05) is 12.8 Å². The third-order valence-electron chi connectivity index (χ3n) is 5.54. The maximum atomic E-state index is 12.3. The van der Waals surface area contributed by atoms with Crippen molar-refractivity contribution in [1.82, 2.24) is 9.80 Å². The molecule has 5 heteroatoms. The Morgan fingerprint density at radius 3 is 2.71 bits per heavy atom. The number of Topliss-reactive ketones (excluding diaryl/α,β-unsaturated/α-hetero) is 1. The van der Waals surface area contributed by atoms with Crippen LogP contribution in [0, 0.1) is 5.92 Å². The summed E-state index contributed by atoms with van der Waals surface area (Å²) < 4.78 is 0. The highest BCUT2D eigenvalue weighted by molar-refractivity contribution is 5.84. The van der Waals surface area contributed by atoms with E-state index < -0.39 is 5.60 Å². The van der Waals surface area contributed by atoms with Crippen LogP contribution in [0.4, 0.5) is 0 Å². The van der Waals surface area contributed by atoms with Crippen molar-refractivity contribution in [3.8, 4) is 0 Å². The van der Waals surface area contributed by atoms with Crippen LogP contribution in [-0.2, 0) is 9.59 Å². The molecule has 1 aliphatic carbocycles. The first-order valence-corrected chi connectivity index (χ1v) is 8.31. The summed E-state index contributed by atoms with van der Waals surface area (Å²) in [6.07, 6.45) is 6.15. The lowest BCUT2D eigenvalue weighted by atomic mass is 9.71. The molecule has 2 aliphatic heterocycles. The Labute approximate surface area is 126 Å². The highest BCUT2D eigenvalue weighted by Crippen LogP contribution is 2.39. The van der Waals surface area contributed by atoms with Crippen LogP contribution < -0.4 is 0 Å². The fourth-order valence-corrected chi connectivity index (χ4v) is 4.08. The molecule has 3 aliphatic rings. The quantitative estimate of drug-likeness (QED) is 0.818. The number of piperidine rings is 2. The summed E-state index contributed by atoms with van der Waals surface area (Å²) in [5, 5.41) is 10.7. The molecule has 3 rings (SSSR count). The molecule has 0 spiro atoms. The number of carbonyl (C=O) groups excluding carboxylic acids is 2. The summed E-state index contributed by atoms with van der Waals surface area (Å²) in [5.41, 5.74) is -0.477. The van der Waals surface area contributed by atoms with Crippen LogP contribution in [0.15, 0.2) is 0 Å². The Hall–Kier alpha value is -0.940. The number of carbonyl (C=O) groups is 2. The number of likely N-dealkylation sites (tertiary alicyclic amines) is 2. The smallest absolute Gasteiger partial charge is 0.236 e. The molecule has 0 aromatic heterocycles. The summed E-state index contributed by atoms with van der Waals surface area (Å²) in [4.78, 5) is 27.6. The molecule has 0 aromatic rings. The van der Waals surface area contributed by atoms with E-state index in [0.29, 0.717) is 38.4 Å². The zero-order chi connectivity index (χ0) is 14.9. The van der Waals surface area contributed by atoms with Gasteiger partial charge in [0.15, 0.2) is 0 Å². The van der Waals surface area contributed by atoms with Crippen LogP contribution >= 0.6 is 0 Å². The first-order valence-electron chi connectivity index (χ1n) is 8.31. The van der Waals surface area contributed by atoms with E-state index in [2.05, 4.69) is 4.90 Å². The number of rotatable bonds is 2. The zero-order valence-corrected chi connectivity index (χ0v) is 12.7. The third-order valence-corrected chi connectivity index (χ3v) is 5.54. The fourth-order valence-electron chi connectivity index (χ4n) is 4.08. The van der Waals surface area contributed by atoms with E-state index in [9.17, 15) is 14.7 Å². The monoisotopic (exact) mass is 294 g/mol. The SMILES string of the molecule is O=C1CCN(C(=O)CN2CCC3(O)CCCCC3C2)CC1.